The van der Waals surface area contributed by atoms with Gasteiger partial charge in [0.1, 0.15) is 13.2 Å². The molecule has 0 spiro atoms. The van der Waals surface area contributed by atoms with E-state index in [1.807, 2.05) is 18.7 Å². The Morgan fingerprint density at radius 2 is 1.86 bits per heavy atom. The molecule has 0 radical (unpaired) electrons. The molecule has 1 aromatic heterocycles. The van der Waals surface area contributed by atoms with E-state index in [0.717, 1.165) is 30.7 Å². The molecule has 1 heterocycles. The monoisotopic (exact) mass is 565 g/mol. The van der Waals surface area contributed by atoms with Gasteiger partial charge in [-0.25, -0.2) is 8.42 Å². The lowest BCUT2D eigenvalue weighted by molar-refractivity contribution is -0.142. The number of rotatable bonds is 12. The normalized spacial score (nSPS) is 12.9. The molecule has 2 N–H and O–H groups in total. The molecule has 1 aromatic carbocycles. The summed E-state index contributed by atoms with van der Waals surface area (Å²) in [7, 11) is -3.46. The van der Waals surface area contributed by atoms with Crippen LogP contribution in [0.5, 0.6) is 0 Å². The Hall–Kier alpha value is -2.41. The topological polar surface area (TPSA) is 99.6 Å². The molecule has 0 amide bonds. The molecule has 7 nitrogen and oxygen atoms in total. The number of carbonyl (C=O) groups is 1. The van der Waals surface area contributed by atoms with Crippen LogP contribution in [-0.4, -0.2) is 70.2 Å². The minimum atomic E-state index is -5.00. The van der Waals surface area contributed by atoms with Crippen LogP contribution in [0.1, 0.15) is 18.7 Å². The van der Waals surface area contributed by atoms with Gasteiger partial charge in [-0.1, -0.05) is 37.6 Å². The predicted molar refractivity (Wildman–Crippen MR) is 136 cm³/mol. The minimum Gasteiger partial charge on any atom is -0.463 e. The van der Waals surface area contributed by atoms with Crippen molar-refractivity contribution in [3.05, 3.63) is 46.3 Å². The van der Waals surface area contributed by atoms with Crippen molar-refractivity contribution in [3.63, 3.8) is 0 Å². The zero-order valence-electron chi connectivity index (χ0n) is 19.9. The first-order chi connectivity index (χ1) is 16.8. The summed E-state index contributed by atoms with van der Waals surface area (Å²) in [6, 6.07) is 9.18. The number of hydrogen-bond acceptors (Lipinski definition) is 8. The number of hydrogen-bond donors (Lipinski definition) is 2. The quantitative estimate of drug-likeness (QED) is 0.284. The van der Waals surface area contributed by atoms with Crippen molar-refractivity contribution in [3.8, 4) is 10.4 Å². The van der Waals surface area contributed by atoms with Crippen molar-refractivity contribution >= 4 is 50.2 Å². The third kappa shape index (κ3) is 8.32. The number of halogens is 4. The molecule has 0 unspecified atom stereocenters. The number of sulfone groups is 1. The van der Waals surface area contributed by atoms with Crippen molar-refractivity contribution < 1.29 is 31.1 Å². The lowest BCUT2D eigenvalue weighted by atomic mass is 10.2. The summed E-state index contributed by atoms with van der Waals surface area (Å²) in [5.41, 5.74) is -1.49. The first-order valence-corrected chi connectivity index (χ1v) is 13.9. The Bertz CT molecular complexity index is 1220. The van der Waals surface area contributed by atoms with E-state index in [9.17, 15) is 26.4 Å². The van der Waals surface area contributed by atoms with Crippen LogP contribution >= 0.6 is 22.9 Å². The second-order valence-corrected chi connectivity index (χ2v) is 11.1. The third-order valence-electron chi connectivity index (χ3n) is 5.10. The Kier molecular flexibility index (Phi) is 10.5. The lowest BCUT2D eigenvalue weighted by Crippen LogP contribution is -2.31. The van der Waals surface area contributed by atoms with E-state index in [2.05, 4.69) is 5.32 Å². The summed E-state index contributed by atoms with van der Waals surface area (Å²) in [4.78, 5) is 15.1. The fraction of sp³-hybridized carbons (Fsp3) is 0.391. The Balaban J connectivity index is 2.30. The smallest absolute Gasteiger partial charge is 0.434 e. The maximum atomic E-state index is 13.2. The molecule has 0 aliphatic heterocycles. The number of likely N-dealkylation sites (N-methyl/N-ethyl adjacent to an activating group) is 1. The van der Waals surface area contributed by atoms with Gasteiger partial charge in [0.15, 0.2) is 15.5 Å². The Morgan fingerprint density at radius 3 is 2.44 bits per heavy atom. The number of esters is 1. The third-order valence-corrected chi connectivity index (χ3v) is 7.74. The SMILES string of the molecule is CCN(CC)CCOC(=O)CN/C(=C(/Cl)C(=N)C(F)(F)F)c1ccc(-c2cccc(S(C)(=O)=O)c2)s1. The van der Waals surface area contributed by atoms with Gasteiger partial charge in [0, 0.05) is 17.7 Å². The molecular weight excluding hydrogens is 539 g/mol. The van der Waals surface area contributed by atoms with Crippen LogP contribution in [-0.2, 0) is 19.4 Å². The van der Waals surface area contributed by atoms with Gasteiger partial charge in [0.25, 0.3) is 0 Å². The summed E-state index contributed by atoms with van der Waals surface area (Å²) in [5, 5.41) is 9.12. The molecule has 2 rings (SSSR count). The Morgan fingerprint density at radius 1 is 1.19 bits per heavy atom. The van der Waals surface area contributed by atoms with Crippen LogP contribution in [0.2, 0.25) is 0 Å². The molecule has 198 valence electrons. The predicted octanol–water partition coefficient (Wildman–Crippen LogP) is 4.78. The van der Waals surface area contributed by atoms with Gasteiger partial charge in [0.2, 0.25) is 0 Å². The second-order valence-electron chi connectivity index (χ2n) is 7.63. The zero-order valence-corrected chi connectivity index (χ0v) is 22.3. The molecule has 0 fully saturated rings. The number of thiophene rings is 1. The van der Waals surface area contributed by atoms with Crippen molar-refractivity contribution in [2.75, 3.05) is 39.0 Å². The molecule has 0 bridgehead atoms. The lowest BCUT2D eigenvalue weighted by Gasteiger charge is -2.18. The molecule has 36 heavy (non-hydrogen) atoms. The highest BCUT2D eigenvalue weighted by Crippen LogP contribution is 2.35. The molecule has 0 atom stereocenters. The first kappa shape index (κ1) is 29.8. The fourth-order valence-electron chi connectivity index (χ4n) is 3.07. The van der Waals surface area contributed by atoms with E-state index in [4.69, 9.17) is 21.7 Å². The number of ether oxygens (including phenoxy) is 1. The number of alkyl halides is 3. The zero-order chi connectivity index (χ0) is 27.1. The highest BCUT2D eigenvalue weighted by molar-refractivity contribution is 7.90. The van der Waals surface area contributed by atoms with Crippen molar-refractivity contribution in [1.29, 1.82) is 5.41 Å². The second kappa shape index (κ2) is 12.7. The molecule has 0 saturated carbocycles. The van der Waals surface area contributed by atoms with E-state index >= 15 is 0 Å². The fourth-order valence-corrected chi connectivity index (χ4v) is 5.10. The van der Waals surface area contributed by atoms with E-state index in [1.165, 1.54) is 18.2 Å². The highest BCUT2D eigenvalue weighted by Gasteiger charge is 2.38. The van der Waals surface area contributed by atoms with Gasteiger partial charge >= 0.3 is 12.1 Å². The van der Waals surface area contributed by atoms with Gasteiger partial charge in [-0.3, -0.25) is 10.2 Å². The number of allylic oxidation sites excluding steroid dienone is 1. The van der Waals surface area contributed by atoms with E-state index < -0.39 is 39.3 Å². The molecule has 0 aliphatic carbocycles. The molecular formula is C23H27ClF3N3O4S2. The molecule has 13 heteroatoms. The van der Waals surface area contributed by atoms with Crippen LogP contribution in [0.15, 0.2) is 46.3 Å². The van der Waals surface area contributed by atoms with Gasteiger partial charge in [-0.2, -0.15) is 13.2 Å². The van der Waals surface area contributed by atoms with E-state index in [0.29, 0.717) is 17.0 Å². The van der Waals surface area contributed by atoms with Crippen LogP contribution in [0, 0.1) is 5.41 Å². The average Bonchev–Trinajstić information content (AvgIpc) is 3.30. The number of nitrogens with zero attached hydrogens (tertiary/aromatic N) is 1. The van der Waals surface area contributed by atoms with Gasteiger partial charge in [-0.15, -0.1) is 11.3 Å². The van der Waals surface area contributed by atoms with E-state index in [-0.39, 0.29) is 22.1 Å². The van der Waals surface area contributed by atoms with Crippen molar-refractivity contribution in [2.45, 2.75) is 24.9 Å². The average molecular weight is 566 g/mol. The minimum absolute atomic E-state index is 0.0909. The largest absolute Gasteiger partial charge is 0.463 e. The maximum absolute atomic E-state index is 13.2. The molecule has 0 saturated heterocycles. The van der Waals surface area contributed by atoms with Crippen molar-refractivity contribution in [2.24, 2.45) is 0 Å². The summed E-state index contributed by atoms with van der Waals surface area (Å²) >= 11 is 6.99. The standard InChI is InChI=1S/C23H27ClF3N3O4S2/c1-4-30(5-2)11-12-34-19(31)14-29-21(20(24)22(28)23(25,26)27)18-10-9-17(35-18)15-7-6-8-16(13-15)36(3,32)33/h6-10,13,28-29H,4-5,11-12,14H2,1-3H3/b21-20+,28-22?. The highest BCUT2D eigenvalue weighted by atomic mass is 35.5. The summed E-state index contributed by atoms with van der Waals surface area (Å²) in [6.45, 7) is 5.66. The Labute approximate surface area is 217 Å². The summed E-state index contributed by atoms with van der Waals surface area (Å²) in [6.07, 6.45) is -3.93. The first-order valence-electron chi connectivity index (χ1n) is 10.9. The summed E-state index contributed by atoms with van der Waals surface area (Å²) < 4.78 is 68.5. The number of benzene rings is 1. The van der Waals surface area contributed by atoms with Crippen LogP contribution in [0.4, 0.5) is 13.2 Å². The summed E-state index contributed by atoms with van der Waals surface area (Å²) in [5.74, 6) is -0.694. The van der Waals surface area contributed by atoms with Gasteiger partial charge in [-0.05, 0) is 42.9 Å². The van der Waals surface area contributed by atoms with Crippen LogP contribution in [0.25, 0.3) is 16.1 Å². The van der Waals surface area contributed by atoms with Crippen molar-refractivity contribution in [1.82, 2.24) is 10.2 Å². The molecule has 0 aliphatic rings. The van der Waals surface area contributed by atoms with Gasteiger partial charge < -0.3 is 15.0 Å². The number of carbonyl (C=O) groups excluding carboxylic acids is 1. The van der Waals surface area contributed by atoms with Gasteiger partial charge in [0.05, 0.1) is 20.5 Å². The van der Waals surface area contributed by atoms with Crippen LogP contribution in [0.3, 0.4) is 0 Å². The van der Waals surface area contributed by atoms with Crippen LogP contribution < -0.4 is 5.32 Å². The maximum Gasteiger partial charge on any atom is 0.434 e. The number of nitrogens with one attached hydrogen (secondary N) is 2. The van der Waals surface area contributed by atoms with E-state index in [1.54, 1.807) is 18.2 Å². The molecule has 2 aromatic rings.